The molecule has 0 saturated carbocycles. The Hall–Kier alpha value is -6.42. The first kappa shape index (κ1) is 29.5. The van der Waals surface area contributed by atoms with Crippen molar-refractivity contribution >= 4 is 70.5 Å². The number of fused-ring (bicyclic) bond motifs is 6. The molecule has 0 N–H and O–H groups in total. The van der Waals surface area contributed by atoms with E-state index in [2.05, 4.69) is 187 Å². The molecule has 0 amide bonds. The van der Waals surface area contributed by atoms with Gasteiger partial charge >= 0.3 is 0 Å². The number of hydrogen-bond acceptors (Lipinski definition) is 3. The van der Waals surface area contributed by atoms with Crippen molar-refractivity contribution < 1.29 is 4.42 Å². The standard InChI is InChI=1S/C48H31NOS/c1-3-11-32(12-4-1)33-19-24-37(25-20-33)49(38-26-21-34(22-27-38)36-23-30-46-42(31-36)40-16-8-10-18-45(40)51-46)43-29-28-41-39-15-7-9-17-44(39)50-48(41)47(43)35-13-5-2-6-14-35/h1-31H. The summed E-state index contributed by atoms with van der Waals surface area (Å²) in [6, 6.07) is 67.3. The molecule has 0 bridgehead atoms. The summed E-state index contributed by atoms with van der Waals surface area (Å²) >= 11 is 1.85. The minimum absolute atomic E-state index is 0.888. The van der Waals surface area contributed by atoms with Gasteiger partial charge in [0.1, 0.15) is 11.2 Å². The third-order valence-electron chi connectivity index (χ3n) is 9.90. The van der Waals surface area contributed by atoms with Gasteiger partial charge in [-0.3, -0.25) is 0 Å². The van der Waals surface area contributed by atoms with E-state index in [4.69, 9.17) is 4.42 Å². The van der Waals surface area contributed by atoms with Crippen molar-refractivity contribution in [1.29, 1.82) is 0 Å². The lowest BCUT2D eigenvalue weighted by Crippen LogP contribution is -2.11. The van der Waals surface area contributed by atoms with Gasteiger partial charge in [0.15, 0.2) is 0 Å². The fraction of sp³-hybridized carbons (Fsp3) is 0. The Balaban J connectivity index is 1.15. The zero-order valence-corrected chi connectivity index (χ0v) is 28.5. The minimum Gasteiger partial charge on any atom is -0.455 e. The van der Waals surface area contributed by atoms with E-state index in [0.717, 1.165) is 50.1 Å². The molecule has 51 heavy (non-hydrogen) atoms. The second-order valence-electron chi connectivity index (χ2n) is 12.9. The van der Waals surface area contributed by atoms with E-state index in [1.54, 1.807) is 0 Å². The zero-order chi connectivity index (χ0) is 33.7. The molecule has 0 aliphatic rings. The summed E-state index contributed by atoms with van der Waals surface area (Å²) in [5.74, 6) is 0. The van der Waals surface area contributed by atoms with Gasteiger partial charge in [0, 0.05) is 47.9 Å². The Morgan fingerprint density at radius 3 is 1.65 bits per heavy atom. The molecule has 10 rings (SSSR count). The zero-order valence-electron chi connectivity index (χ0n) is 27.7. The van der Waals surface area contributed by atoms with E-state index in [1.807, 2.05) is 17.4 Å². The van der Waals surface area contributed by atoms with Crippen molar-refractivity contribution in [3.8, 4) is 33.4 Å². The van der Waals surface area contributed by atoms with Gasteiger partial charge in [-0.05, 0) is 88.5 Å². The van der Waals surface area contributed by atoms with Gasteiger partial charge < -0.3 is 9.32 Å². The molecule has 0 aliphatic carbocycles. The number of hydrogen-bond donors (Lipinski definition) is 0. The monoisotopic (exact) mass is 669 g/mol. The largest absolute Gasteiger partial charge is 0.455 e. The molecule has 8 aromatic carbocycles. The average molecular weight is 670 g/mol. The molecule has 0 saturated heterocycles. The average Bonchev–Trinajstić information content (AvgIpc) is 3.77. The van der Waals surface area contributed by atoms with Gasteiger partial charge in [-0.25, -0.2) is 0 Å². The molecule has 0 aliphatic heterocycles. The highest BCUT2D eigenvalue weighted by Crippen LogP contribution is 2.47. The maximum absolute atomic E-state index is 6.69. The molecule has 0 radical (unpaired) electrons. The minimum atomic E-state index is 0.888. The first-order valence-corrected chi connectivity index (χ1v) is 18.1. The second kappa shape index (κ2) is 12.2. The summed E-state index contributed by atoms with van der Waals surface area (Å²) in [4.78, 5) is 2.36. The molecule has 0 spiro atoms. The van der Waals surface area contributed by atoms with Gasteiger partial charge in [0.05, 0.1) is 5.69 Å². The lowest BCUT2D eigenvalue weighted by Gasteiger charge is -2.28. The van der Waals surface area contributed by atoms with Crippen LogP contribution in [-0.2, 0) is 0 Å². The third-order valence-corrected chi connectivity index (χ3v) is 11.0. The highest BCUT2D eigenvalue weighted by molar-refractivity contribution is 7.25. The van der Waals surface area contributed by atoms with Crippen molar-refractivity contribution in [1.82, 2.24) is 0 Å². The highest BCUT2D eigenvalue weighted by atomic mass is 32.1. The summed E-state index contributed by atoms with van der Waals surface area (Å²) in [6.45, 7) is 0. The molecule has 3 heteroatoms. The molecular formula is C48H31NOS. The second-order valence-corrected chi connectivity index (χ2v) is 14.0. The Morgan fingerprint density at radius 1 is 0.373 bits per heavy atom. The first-order chi connectivity index (χ1) is 25.3. The van der Waals surface area contributed by atoms with E-state index >= 15 is 0 Å². The lowest BCUT2D eigenvalue weighted by atomic mass is 9.97. The van der Waals surface area contributed by atoms with Gasteiger partial charge in [-0.2, -0.15) is 0 Å². The number of nitrogens with zero attached hydrogens (tertiary/aromatic N) is 1. The van der Waals surface area contributed by atoms with Crippen LogP contribution in [0.2, 0.25) is 0 Å². The maximum Gasteiger partial charge on any atom is 0.145 e. The molecule has 2 aromatic heterocycles. The van der Waals surface area contributed by atoms with Crippen molar-refractivity contribution in [3.63, 3.8) is 0 Å². The number of thiophene rings is 1. The third kappa shape index (κ3) is 5.10. The van der Waals surface area contributed by atoms with Crippen LogP contribution in [0.4, 0.5) is 17.1 Å². The number of benzene rings is 8. The van der Waals surface area contributed by atoms with Crippen LogP contribution in [-0.4, -0.2) is 0 Å². The molecule has 2 nitrogen and oxygen atoms in total. The molecule has 0 unspecified atom stereocenters. The number of anilines is 3. The number of furan rings is 1. The predicted molar refractivity (Wildman–Crippen MR) is 218 cm³/mol. The van der Waals surface area contributed by atoms with Crippen molar-refractivity contribution in [2.24, 2.45) is 0 Å². The predicted octanol–water partition coefficient (Wildman–Crippen LogP) is 14.4. The number of para-hydroxylation sites is 1. The Bertz CT molecular complexity index is 2830. The van der Waals surface area contributed by atoms with Crippen LogP contribution in [0.5, 0.6) is 0 Å². The van der Waals surface area contributed by atoms with Crippen molar-refractivity contribution in [3.05, 3.63) is 188 Å². The van der Waals surface area contributed by atoms with E-state index in [9.17, 15) is 0 Å². The number of rotatable bonds is 6. The van der Waals surface area contributed by atoms with E-state index < -0.39 is 0 Å². The summed E-state index contributed by atoms with van der Waals surface area (Å²) in [6.07, 6.45) is 0. The SMILES string of the molecule is c1ccc(-c2ccc(N(c3ccc(-c4ccc5sc6ccccc6c5c4)cc3)c3ccc4c(oc5ccccc54)c3-c3ccccc3)cc2)cc1. The summed E-state index contributed by atoms with van der Waals surface area (Å²) < 4.78 is 9.33. The molecule has 240 valence electrons. The van der Waals surface area contributed by atoms with Gasteiger partial charge in [0.25, 0.3) is 0 Å². The van der Waals surface area contributed by atoms with Crippen LogP contribution in [0.25, 0.3) is 75.5 Å². The molecule has 0 atom stereocenters. The van der Waals surface area contributed by atoms with Crippen LogP contribution in [0.15, 0.2) is 192 Å². The van der Waals surface area contributed by atoms with Crippen LogP contribution >= 0.6 is 11.3 Å². The fourth-order valence-corrected chi connectivity index (χ4v) is 8.50. The topological polar surface area (TPSA) is 16.4 Å². The quantitative estimate of drug-likeness (QED) is 0.175. The molecule has 0 fully saturated rings. The van der Waals surface area contributed by atoms with Gasteiger partial charge in [-0.1, -0.05) is 127 Å². The first-order valence-electron chi connectivity index (χ1n) is 17.3. The summed E-state index contributed by atoms with van der Waals surface area (Å²) in [7, 11) is 0. The Morgan fingerprint density at radius 2 is 0.922 bits per heavy atom. The molecular weight excluding hydrogens is 639 g/mol. The molecule has 2 heterocycles. The maximum atomic E-state index is 6.69. The summed E-state index contributed by atoms with van der Waals surface area (Å²) in [5, 5.41) is 4.86. The van der Waals surface area contributed by atoms with E-state index in [0.29, 0.717) is 0 Å². The highest BCUT2D eigenvalue weighted by Gasteiger charge is 2.23. The van der Waals surface area contributed by atoms with Crippen LogP contribution in [0, 0.1) is 0 Å². The van der Waals surface area contributed by atoms with E-state index in [-0.39, 0.29) is 0 Å². The van der Waals surface area contributed by atoms with Crippen molar-refractivity contribution in [2.45, 2.75) is 0 Å². The Kier molecular flexibility index (Phi) is 7.04. The smallest absolute Gasteiger partial charge is 0.145 e. The lowest BCUT2D eigenvalue weighted by molar-refractivity contribution is 0.670. The van der Waals surface area contributed by atoms with Gasteiger partial charge in [-0.15, -0.1) is 11.3 Å². The van der Waals surface area contributed by atoms with Crippen molar-refractivity contribution in [2.75, 3.05) is 4.90 Å². The Labute approximate surface area is 300 Å². The molecule has 10 aromatic rings. The van der Waals surface area contributed by atoms with Gasteiger partial charge in [0.2, 0.25) is 0 Å². The van der Waals surface area contributed by atoms with Crippen LogP contribution in [0.3, 0.4) is 0 Å². The van der Waals surface area contributed by atoms with Crippen LogP contribution < -0.4 is 4.90 Å². The summed E-state index contributed by atoms with van der Waals surface area (Å²) in [5.41, 5.74) is 11.9. The normalized spacial score (nSPS) is 11.5. The fourth-order valence-electron chi connectivity index (χ4n) is 7.42. The van der Waals surface area contributed by atoms with E-state index in [1.165, 1.54) is 42.4 Å². The van der Waals surface area contributed by atoms with Crippen LogP contribution in [0.1, 0.15) is 0 Å².